The van der Waals surface area contributed by atoms with E-state index >= 15 is 0 Å². The van der Waals surface area contributed by atoms with Crippen LogP contribution in [0.15, 0.2) is 0 Å². The van der Waals surface area contributed by atoms with Crippen LogP contribution >= 0.6 is 15.9 Å². The third-order valence-corrected chi connectivity index (χ3v) is 6.77. The number of hydrogen-bond acceptors (Lipinski definition) is 4. The molecular formula is C26H49BrN2O4. The molecule has 6 nitrogen and oxygen atoms in total. The zero-order valence-electron chi connectivity index (χ0n) is 21.1. The van der Waals surface area contributed by atoms with Crippen molar-refractivity contribution < 1.29 is 19.1 Å². The molecule has 2 amide bonds. The molecule has 0 radical (unpaired) electrons. The molecule has 0 aromatic carbocycles. The van der Waals surface area contributed by atoms with E-state index in [4.69, 9.17) is 9.47 Å². The largest absolute Gasteiger partial charge is 0.446 e. The van der Waals surface area contributed by atoms with Crippen LogP contribution in [-0.2, 0) is 9.47 Å². The van der Waals surface area contributed by atoms with Gasteiger partial charge >= 0.3 is 12.2 Å². The summed E-state index contributed by atoms with van der Waals surface area (Å²) in [6.07, 6.45) is 20.8. The summed E-state index contributed by atoms with van der Waals surface area (Å²) in [5, 5.41) is 3.73. The van der Waals surface area contributed by atoms with E-state index < -0.39 is 6.09 Å². The van der Waals surface area contributed by atoms with Gasteiger partial charge in [-0.1, -0.05) is 113 Å². The number of nitrogens with one attached hydrogen (secondary N) is 1. The first-order valence-corrected chi connectivity index (χ1v) is 14.7. The van der Waals surface area contributed by atoms with Crippen LogP contribution < -0.4 is 5.32 Å². The van der Waals surface area contributed by atoms with Crippen molar-refractivity contribution in [2.75, 3.05) is 31.6 Å². The fraction of sp³-hybridized carbons (Fsp3) is 0.923. The van der Waals surface area contributed by atoms with Crippen molar-refractivity contribution in [1.29, 1.82) is 0 Å². The molecule has 1 N–H and O–H groups in total. The highest BCUT2D eigenvalue weighted by Crippen LogP contribution is 2.14. The number of alkyl carbamates (subject to hydrolysis) is 1. The minimum Gasteiger partial charge on any atom is -0.446 e. The molecule has 1 saturated heterocycles. The predicted octanol–water partition coefficient (Wildman–Crippen LogP) is 7.58. The third kappa shape index (κ3) is 17.2. The first-order chi connectivity index (χ1) is 16.2. The predicted molar refractivity (Wildman–Crippen MR) is 139 cm³/mol. The van der Waals surface area contributed by atoms with Gasteiger partial charge in [-0.25, -0.2) is 9.59 Å². The molecule has 0 bridgehead atoms. The summed E-state index contributed by atoms with van der Waals surface area (Å²) in [6, 6.07) is 0. The molecule has 7 heteroatoms. The van der Waals surface area contributed by atoms with E-state index in [1.807, 2.05) is 0 Å². The SMILES string of the molecule is CCCCCCCCCCCCCCCCCNC(=O)OCC1CN(CCCCBr)C(=O)O1. The maximum absolute atomic E-state index is 11.8. The summed E-state index contributed by atoms with van der Waals surface area (Å²) in [5.41, 5.74) is 0. The smallest absolute Gasteiger partial charge is 0.410 e. The quantitative estimate of drug-likeness (QED) is 0.115. The van der Waals surface area contributed by atoms with Crippen molar-refractivity contribution in [1.82, 2.24) is 10.2 Å². The van der Waals surface area contributed by atoms with Crippen molar-refractivity contribution in [3.8, 4) is 0 Å². The number of alkyl halides is 1. The minimum atomic E-state index is -0.422. The van der Waals surface area contributed by atoms with E-state index in [2.05, 4.69) is 28.2 Å². The van der Waals surface area contributed by atoms with Gasteiger partial charge in [0.05, 0.1) is 6.54 Å². The monoisotopic (exact) mass is 532 g/mol. The van der Waals surface area contributed by atoms with Crippen LogP contribution in [0.3, 0.4) is 0 Å². The van der Waals surface area contributed by atoms with Crippen LogP contribution in [0.5, 0.6) is 0 Å². The van der Waals surface area contributed by atoms with Gasteiger partial charge in [0.25, 0.3) is 0 Å². The lowest BCUT2D eigenvalue weighted by Crippen LogP contribution is -2.31. The van der Waals surface area contributed by atoms with E-state index in [1.165, 1.54) is 83.5 Å². The van der Waals surface area contributed by atoms with Crippen LogP contribution in [0.4, 0.5) is 9.59 Å². The number of amides is 2. The molecule has 33 heavy (non-hydrogen) atoms. The lowest BCUT2D eigenvalue weighted by Gasteiger charge is -2.12. The number of carbonyl (C=O) groups is 2. The summed E-state index contributed by atoms with van der Waals surface area (Å²) < 4.78 is 10.5. The Morgan fingerprint density at radius 3 is 2.00 bits per heavy atom. The molecule has 0 aromatic heterocycles. The zero-order valence-corrected chi connectivity index (χ0v) is 22.7. The third-order valence-electron chi connectivity index (χ3n) is 6.21. The Kier molecular flexibility index (Phi) is 19.6. The molecule has 1 aliphatic heterocycles. The Bertz CT molecular complexity index is 493. The van der Waals surface area contributed by atoms with Crippen LogP contribution in [0.25, 0.3) is 0 Å². The molecule has 1 atom stereocenters. The van der Waals surface area contributed by atoms with Crippen LogP contribution in [-0.4, -0.2) is 54.8 Å². The van der Waals surface area contributed by atoms with Crippen molar-refractivity contribution in [2.24, 2.45) is 0 Å². The number of rotatable bonds is 22. The summed E-state index contributed by atoms with van der Waals surface area (Å²) in [5.74, 6) is 0. The lowest BCUT2D eigenvalue weighted by molar-refractivity contribution is 0.0733. The van der Waals surface area contributed by atoms with Gasteiger partial charge in [0, 0.05) is 18.4 Å². The first kappa shape index (κ1) is 30.1. The van der Waals surface area contributed by atoms with E-state index in [0.29, 0.717) is 19.6 Å². The highest BCUT2D eigenvalue weighted by molar-refractivity contribution is 9.09. The summed E-state index contributed by atoms with van der Waals surface area (Å²) >= 11 is 3.39. The molecule has 0 aromatic rings. The Hall–Kier alpha value is -0.980. The second-order valence-electron chi connectivity index (χ2n) is 9.32. The lowest BCUT2D eigenvalue weighted by atomic mass is 10.0. The Labute approximate surface area is 211 Å². The van der Waals surface area contributed by atoms with Gasteiger partial charge in [0.1, 0.15) is 6.61 Å². The number of ether oxygens (including phenoxy) is 2. The highest BCUT2D eigenvalue weighted by Gasteiger charge is 2.31. The normalized spacial score (nSPS) is 15.6. The number of unbranched alkanes of at least 4 members (excludes halogenated alkanes) is 15. The number of carbonyl (C=O) groups excluding carboxylic acids is 2. The fourth-order valence-corrected chi connectivity index (χ4v) is 4.54. The molecule has 1 unspecified atom stereocenters. The average Bonchev–Trinajstić information content (AvgIpc) is 3.17. The maximum atomic E-state index is 11.8. The number of cyclic esters (lactones) is 1. The number of nitrogens with zero attached hydrogens (tertiary/aromatic N) is 1. The Morgan fingerprint density at radius 1 is 0.909 bits per heavy atom. The van der Waals surface area contributed by atoms with Crippen molar-refractivity contribution >= 4 is 28.1 Å². The Balaban J connectivity index is 1.83. The zero-order chi connectivity index (χ0) is 24.0. The fourth-order valence-electron chi connectivity index (χ4n) is 4.15. The highest BCUT2D eigenvalue weighted by atomic mass is 79.9. The molecule has 1 heterocycles. The van der Waals surface area contributed by atoms with Crippen LogP contribution in [0.1, 0.15) is 116 Å². The van der Waals surface area contributed by atoms with E-state index in [1.54, 1.807) is 4.90 Å². The Morgan fingerprint density at radius 2 is 1.45 bits per heavy atom. The second kappa shape index (κ2) is 21.5. The van der Waals surface area contributed by atoms with E-state index in [0.717, 1.165) is 31.0 Å². The van der Waals surface area contributed by atoms with Gasteiger partial charge < -0.3 is 19.7 Å². The van der Waals surface area contributed by atoms with Gasteiger partial charge in [0.15, 0.2) is 6.10 Å². The molecular weight excluding hydrogens is 484 g/mol. The van der Waals surface area contributed by atoms with E-state index in [-0.39, 0.29) is 18.8 Å². The van der Waals surface area contributed by atoms with E-state index in [9.17, 15) is 9.59 Å². The second-order valence-corrected chi connectivity index (χ2v) is 10.1. The molecule has 194 valence electrons. The maximum Gasteiger partial charge on any atom is 0.410 e. The van der Waals surface area contributed by atoms with Gasteiger partial charge in [-0.15, -0.1) is 0 Å². The number of halogens is 1. The molecule has 0 saturated carbocycles. The molecule has 1 rings (SSSR count). The van der Waals surface area contributed by atoms with Crippen molar-refractivity contribution in [3.63, 3.8) is 0 Å². The topological polar surface area (TPSA) is 67.9 Å². The molecule has 1 fully saturated rings. The van der Waals surface area contributed by atoms with Crippen molar-refractivity contribution in [3.05, 3.63) is 0 Å². The van der Waals surface area contributed by atoms with Crippen molar-refractivity contribution in [2.45, 2.75) is 122 Å². The van der Waals surface area contributed by atoms with Gasteiger partial charge in [0.2, 0.25) is 0 Å². The first-order valence-electron chi connectivity index (χ1n) is 13.6. The van der Waals surface area contributed by atoms with Crippen LogP contribution in [0, 0.1) is 0 Å². The van der Waals surface area contributed by atoms with Gasteiger partial charge in [-0.05, 0) is 19.3 Å². The summed E-state index contributed by atoms with van der Waals surface area (Å²) in [6.45, 7) is 4.21. The standard InChI is InChI=1S/C26H49BrN2O4/c1-2-3-4-5-6-7-8-9-10-11-12-13-14-15-17-20-28-25(30)32-23-24-22-29(26(31)33-24)21-18-16-19-27/h24H,2-23H2,1H3,(H,28,30). The number of hydrogen-bond donors (Lipinski definition) is 1. The molecule has 0 aliphatic carbocycles. The van der Waals surface area contributed by atoms with Gasteiger partial charge in [-0.3, -0.25) is 0 Å². The molecule has 1 aliphatic rings. The van der Waals surface area contributed by atoms with Crippen LogP contribution in [0.2, 0.25) is 0 Å². The summed E-state index contributed by atoms with van der Waals surface area (Å²) in [4.78, 5) is 25.3. The summed E-state index contributed by atoms with van der Waals surface area (Å²) in [7, 11) is 0. The minimum absolute atomic E-state index is 0.116. The van der Waals surface area contributed by atoms with Gasteiger partial charge in [-0.2, -0.15) is 0 Å². The molecule has 0 spiro atoms. The average molecular weight is 534 g/mol.